The highest BCUT2D eigenvalue weighted by molar-refractivity contribution is 6.01. The summed E-state index contributed by atoms with van der Waals surface area (Å²) in [5.41, 5.74) is 3.08. The van der Waals surface area contributed by atoms with Crippen LogP contribution < -0.4 is 0 Å². The van der Waals surface area contributed by atoms with E-state index in [0.717, 1.165) is 11.3 Å². The van der Waals surface area contributed by atoms with E-state index < -0.39 is 0 Å². The van der Waals surface area contributed by atoms with Gasteiger partial charge in [-0.3, -0.25) is 0 Å². The van der Waals surface area contributed by atoms with Gasteiger partial charge < -0.3 is 0 Å². The molecule has 0 spiro atoms. The quantitative estimate of drug-likeness (QED) is 0.274. The molecule has 0 saturated carbocycles. The van der Waals surface area contributed by atoms with Gasteiger partial charge in [0.25, 0.3) is 0 Å². The highest BCUT2D eigenvalue weighted by Crippen LogP contribution is 2.06. The Kier molecular flexibility index (Phi) is 9.39. The molecule has 0 bridgehead atoms. The van der Waals surface area contributed by atoms with Gasteiger partial charge in [0.1, 0.15) is 0 Å². The molecule has 0 N–H and O–H groups in total. The molecule has 0 radical (unpaired) electrons. The van der Waals surface area contributed by atoms with Crippen LogP contribution in [0.5, 0.6) is 0 Å². The van der Waals surface area contributed by atoms with E-state index in [0.29, 0.717) is 0 Å². The summed E-state index contributed by atoms with van der Waals surface area (Å²) >= 11 is 0. The van der Waals surface area contributed by atoms with Gasteiger partial charge in [0.2, 0.25) is 0 Å². The second-order valence-electron chi connectivity index (χ2n) is 2.44. The number of hydrogen-bond donors (Lipinski definition) is 0. The first kappa shape index (κ1) is 14.1. The average Bonchev–Trinajstić information content (AvgIpc) is 2.09. The predicted molar refractivity (Wildman–Crippen MR) is 62.5 cm³/mol. The number of hydrogen-bond acceptors (Lipinski definition) is 2. The summed E-state index contributed by atoms with van der Waals surface area (Å²) in [5.74, 6) is 0. The maximum absolute atomic E-state index is 3.82. The van der Waals surface area contributed by atoms with Gasteiger partial charge in [-0.05, 0) is 26.3 Å². The average molecular weight is 178 g/mol. The largest absolute Gasteiger partial charge is 0.167 e. The molecule has 0 atom stereocenters. The maximum atomic E-state index is 3.82. The molecule has 0 aromatic heterocycles. The first-order valence-electron chi connectivity index (χ1n) is 3.94. The molecule has 0 aromatic carbocycles. The second-order valence-corrected chi connectivity index (χ2v) is 2.44. The third-order valence-electron chi connectivity index (χ3n) is 1.35. The maximum Gasteiger partial charge on any atom is 0.0670 e. The Balaban J connectivity index is 0. The van der Waals surface area contributed by atoms with Crippen LogP contribution in [0.2, 0.25) is 0 Å². The standard InChI is InChI=1S/C9H14N2.C2H4/c1-6-9(7(2)3)8(4)11-10-5;1-2/h6H,1,5H2,2-4H3;1-2H2/b11-8-;. The van der Waals surface area contributed by atoms with Crippen molar-refractivity contribution in [1.29, 1.82) is 0 Å². The van der Waals surface area contributed by atoms with Crippen molar-refractivity contribution in [2.45, 2.75) is 20.8 Å². The molecule has 0 aromatic rings. The zero-order valence-corrected chi connectivity index (χ0v) is 8.80. The molecule has 0 unspecified atom stereocenters. The van der Waals surface area contributed by atoms with Crippen LogP contribution in [0.1, 0.15) is 20.8 Å². The van der Waals surface area contributed by atoms with Gasteiger partial charge in [0, 0.05) is 6.72 Å². The Morgan fingerprint density at radius 2 is 1.62 bits per heavy atom. The van der Waals surface area contributed by atoms with E-state index in [2.05, 4.69) is 36.7 Å². The molecule has 0 fully saturated rings. The lowest BCUT2D eigenvalue weighted by atomic mass is 10.1. The Morgan fingerprint density at radius 3 is 1.85 bits per heavy atom. The van der Waals surface area contributed by atoms with Gasteiger partial charge in [0.15, 0.2) is 0 Å². The fraction of sp³-hybridized carbons (Fsp3) is 0.273. The minimum absolute atomic E-state index is 0.856. The van der Waals surface area contributed by atoms with Crippen molar-refractivity contribution in [2.24, 2.45) is 10.2 Å². The molecular weight excluding hydrogens is 160 g/mol. The Hall–Kier alpha value is -1.44. The minimum atomic E-state index is 0.856. The molecule has 0 aliphatic rings. The van der Waals surface area contributed by atoms with Gasteiger partial charge in [-0.1, -0.05) is 18.2 Å². The normalized spacial score (nSPS) is 9.31. The fourth-order valence-corrected chi connectivity index (χ4v) is 0.874. The molecule has 0 amide bonds. The van der Waals surface area contributed by atoms with E-state index in [4.69, 9.17) is 0 Å². The number of rotatable bonds is 3. The van der Waals surface area contributed by atoms with Gasteiger partial charge in [0.05, 0.1) is 5.71 Å². The van der Waals surface area contributed by atoms with E-state index in [1.54, 1.807) is 6.08 Å². The Labute approximate surface area is 81.1 Å². The van der Waals surface area contributed by atoms with Crippen molar-refractivity contribution in [3.05, 3.63) is 37.0 Å². The predicted octanol–water partition coefficient (Wildman–Crippen LogP) is 3.39. The molecule has 72 valence electrons. The van der Waals surface area contributed by atoms with Crippen molar-refractivity contribution in [3.8, 4) is 0 Å². The van der Waals surface area contributed by atoms with Crippen LogP contribution in [0.15, 0.2) is 47.2 Å². The van der Waals surface area contributed by atoms with Crippen molar-refractivity contribution in [3.63, 3.8) is 0 Å². The van der Waals surface area contributed by atoms with Gasteiger partial charge in [-0.15, -0.1) is 13.2 Å². The van der Waals surface area contributed by atoms with Gasteiger partial charge in [-0.25, -0.2) is 0 Å². The zero-order chi connectivity index (χ0) is 10.9. The van der Waals surface area contributed by atoms with Crippen LogP contribution in [-0.2, 0) is 0 Å². The third kappa shape index (κ3) is 5.79. The molecule has 0 aliphatic heterocycles. The first-order chi connectivity index (χ1) is 6.13. The molecule has 2 nitrogen and oxygen atoms in total. The lowest BCUT2D eigenvalue weighted by Gasteiger charge is -2.00. The highest BCUT2D eigenvalue weighted by atomic mass is 15.2. The molecule has 0 saturated heterocycles. The minimum Gasteiger partial charge on any atom is -0.167 e. The van der Waals surface area contributed by atoms with Crippen molar-refractivity contribution >= 4 is 12.4 Å². The van der Waals surface area contributed by atoms with E-state index in [9.17, 15) is 0 Å². The third-order valence-corrected chi connectivity index (χ3v) is 1.35. The lowest BCUT2D eigenvalue weighted by Crippen LogP contribution is -1.95. The summed E-state index contributed by atoms with van der Waals surface area (Å²) in [7, 11) is 0. The van der Waals surface area contributed by atoms with E-state index in [1.807, 2.05) is 20.8 Å². The van der Waals surface area contributed by atoms with Crippen molar-refractivity contribution in [1.82, 2.24) is 0 Å². The smallest absolute Gasteiger partial charge is 0.0670 e. The van der Waals surface area contributed by atoms with E-state index in [-0.39, 0.29) is 0 Å². The van der Waals surface area contributed by atoms with Gasteiger partial charge >= 0.3 is 0 Å². The fourth-order valence-electron chi connectivity index (χ4n) is 0.874. The van der Waals surface area contributed by atoms with E-state index >= 15 is 0 Å². The Bertz CT molecular complexity index is 230. The monoisotopic (exact) mass is 178 g/mol. The van der Waals surface area contributed by atoms with Crippen LogP contribution in [0, 0.1) is 0 Å². The zero-order valence-electron chi connectivity index (χ0n) is 8.80. The van der Waals surface area contributed by atoms with E-state index in [1.165, 1.54) is 5.57 Å². The highest BCUT2D eigenvalue weighted by Gasteiger charge is 1.97. The molecule has 0 aliphatic carbocycles. The first-order valence-corrected chi connectivity index (χ1v) is 3.94. The van der Waals surface area contributed by atoms with Gasteiger partial charge in [-0.2, -0.15) is 10.2 Å². The topological polar surface area (TPSA) is 24.7 Å². The summed E-state index contributed by atoms with van der Waals surface area (Å²) in [5, 5.41) is 7.26. The molecule has 13 heavy (non-hydrogen) atoms. The Morgan fingerprint density at radius 1 is 1.15 bits per heavy atom. The van der Waals surface area contributed by atoms with Crippen LogP contribution in [-0.4, -0.2) is 12.4 Å². The summed E-state index contributed by atoms with van der Waals surface area (Å²) in [6, 6.07) is 0. The summed E-state index contributed by atoms with van der Waals surface area (Å²) < 4.78 is 0. The second kappa shape index (κ2) is 8.65. The molecule has 0 rings (SSSR count). The molecule has 0 heterocycles. The lowest BCUT2D eigenvalue weighted by molar-refractivity contribution is 1.24. The van der Waals surface area contributed by atoms with Crippen LogP contribution in [0.4, 0.5) is 0 Å². The molecular formula is C11H18N2. The number of nitrogens with zero attached hydrogens (tertiary/aromatic N) is 2. The van der Waals surface area contributed by atoms with Crippen molar-refractivity contribution in [2.75, 3.05) is 0 Å². The SMILES string of the molecule is C=C.C=CC(=C(C)C)/C(C)=N\N=C. The van der Waals surface area contributed by atoms with Crippen LogP contribution >= 0.6 is 0 Å². The summed E-state index contributed by atoms with van der Waals surface area (Å²) in [6.45, 7) is 18.9. The van der Waals surface area contributed by atoms with Crippen LogP contribution in [0.3, 0.4) is 0 Å². The molecule has 2 heteroatoms. The van der Waals surface area contributed by atoms with Crippen molar-refractivity contribution < 1.29 is 0 Å². The summed E-state index contributed by atoms with van der Waals surface area (Å²) in [6.07, 6.45) is 1.78. The summed E-state index contributed by atoms with van der Waals surface area (Å²) in [4.78, 5) is 0. The van der Waals surface area contributed by atoms with Crippen LogP contribution in [0.25, 0.3) is 0 Å². The number of allylic oxidation sites excluding steroid dienone is 3.